The zero-order valence-electron chi connectivity index (χ0n) is 20.4. The van der Waals surface area contributed by atoms with Gasteiger partial charge in [0, 0.05) is 31.1 Å². The lowest BCUT2D eigenvalue weighted by molar-refractivity contribution is -0.136. The number of piperidine rings is 1. The number of benzene rings is 2. The summed E-state index contributed by atoms with van der Waals surface area (Å²) in [5.41, 5.74) is 3.25. The molecule has 2 heterocycles. The fourth-order valence-electron chi connectivity index (χ4n) is 5.61. The molecule has 1 unspecified atom stereocenters. The van der Waals surface area contributed by atoms with Crippen molar-refractivity contribution in [2.24, 2.45) is 0 Å². The van der Waals surface area contributed by atoms with E-state index in [4.69, 9.17) is 10.00 Å². The second-order valence-corrected chi connectivity index (χ2v) is 9.95. The number of fused-ring (bicyclic) bond motifs is 1. The first-order valence-corrected chi connectivity index (χ1v) is 12.6. The van der Waals surface area contributed by atoms with Crippen LogP contribution in [0.1, 0.15) is 65.6 Å². The standard InChI is InChI=1S/C28H30N4O4/c1-31(16-19-8-6-18(15-29)7-9-19)23-4-2-3-5-25(23)36-21-10-11-22-20(14-21)17-32(28(22)35)24-12-13-26(33)30-27(24)34/h6-11,14,23-25H,2-5,12-13,16-17H2,1H3,(H,30,33,34)/t23-,24?,25+/m0/s1. The molecule has 2 aliphatic heterocycles. The Kier molecular flexibility index (Phi) is 6.75. The van der Waals surface area contributed by atoms with Crippen molar-refractivity contribution < 1.29 is 19.1 Å². The van der Waals surface area contributed by atoms with E-state index < -0.39 is 11.9 Å². The van der Waals surface area contributed by atoms with Crippen molar-refractivity contribution in [3.63, 3.8) is 0 Å². The van der Waals surface area contributed by atoms with Crippen molar-refractivity contribution in [2.75, 3.05) is 7.05 Å². The molecule has 8 heteroatoms. The number of hydrogen-bond acceptors (Lipinski definition) is 6. The normalized spacial score (nSPS) is 23.9. The van der Waals surface area contributed by atoms with Crippen LogP contribution in [-0.4, -0.2) is 52.8 Å². The first-order chi connectivity index (χ1) is 17.4. The van der Waals surface area contributed by atoms with Gasteiger partial charge in [-0.3, -0.25) is 24.6 Å². The van der Waals surface area contributed by atoms with E-state index >= 15 is 0 Å². The molecule has 0 bridgehead atoms. The summed E-state index contributed by atoms with van der Waals surface area (Å²) in [7, 11) is 2.11. The molecule has 0 aromatic heterocycles. The van der Waals surface area contributed by atoms with E-state index in [1.807, 2.05) is 36.4 Å². The van der Waals surface area contributed by atoms with E-state index in [1.165, 1.54) is 0 Å². The van der Waals surface area contributed by atoms with Crippen LogP contribution < -0.4 is 10.1 Å². The number of carbonyl (C=O) groups excluding carboxylic acids is 3. The molecule has 1 aliphatic carbocycles. The van der Waals surface area contributed by atoms with E-state index in [0.29, 0.717) is 24.1 Å². The summed E-state index contributed by atoms with van der Waals surface area (Å²) in [6, 6.07) is 15.0. The molecule has 5 rings (SSSR count). The zero-order valence-corrected chi connectivity index (χ0v) is 20.4. The van der Waals surface area contributed by atoms with Crippen molar-refractivity contribution in [3.05, 3.63) is 64.7 Å². The highest BCUT2D eigenvalue weighted by Crippen LogP contribution is 2.33. The maximum Gasteiger partial charge on any atom is 0.255 e. The largest absolute Gasteiger partial charge is 0.489 e. The summed E-state index contributed by atoms with van der Waals surface area (Å²) < 4.78 is 6.50. The lowest BCUT2D eigenvalue weighted by Crippen LogP contribution is -2.52. The highest BCUT2D eigenvalue weighted by Gasteiger charge is 2.39. The van der Waals surface area contributed by atoms with E-state index in [-0.39, 0.29) is 30.4 Å². The van der Waals surface area contributed by atoms with Crippen LogP contribution in [0.2, 0.25) is 0 Å². The molecule has 1 saturated carbocycles. The first-order valence-electron chi connectivity index (χ1n) is 12.6. The van der Waals surface area contributed by atoms with Crippen molar-refractivity contribution in [3.8, 4) is 11.8 Å². The van der Waals surface area contributed by atoms with Crippen LogP contribution >= 0.6 is 0 Å². The Labute approximate surface area is 210 Å². The Morgan fingerprint density at radius 2 is 1.86 bits per heavy atom. The van der Waals surface area contributed by atoms with Gasteiger partial charge < -0.3 is 9.64 Å². The van der Waals surface area contributed by atoms with Crippen LogP contribution in [0.25, 0.3) is 0 Å². The second-order valence-electron chi connectivity index (χ2n) is 9.95. The number of nitrogens with one attached hydrogen (secondary N) is 1. The van der Waals surface area contributed by atoms with Crippen molar-refractivity contribution in [1.29, 1.82) is 5.26 Å². The molecule has 3 atom stereocenters. The third-order valence-corrected chi connectivity index (χ3v) is 7.53. The number of hydrogen-bond donors (Lipinski definition) is 1. The average molecular weight is 487 g/mol. The molecule has 2 aromatic rings. The number of nitrogens with zero attached hydrogens (tertiary/aromatic N) is 3. The van der Waals surface area contributed by atoms with Gasteiger partial charge in [0.1, 0.15) is 17.9 Å². The monoisotopic (exact) mass is 486 g/mol. The number of rotatable bonds is 6. The van der Waals surface area contributed by atoms with Gasteiger partial charge in [-0.15, -0.1) is 0 Å². The minimum atomic E-state index is -0.620. The Hall–Kier alpha value is -3.70. The molecule has 3 amide bonds. The maximum absolute atomic E-state index is 13.0. The van der Waals surface area contributed by atoms with Crippen molar-refractivity contribution in [2.45, 2.75) is 69.8 Å². The fourth-order valence-corrected chi connectivity index (χ4v) is 5.61. The lowest BCUT2D eigenvalue weighted by Gasteiger charge is -2.38. The Morgan fingerprint density at radius 3 is 2.61 bits per heavy atom. The molecule has 2 fully saturated rings. The molecule has 8 nitrogen and oxygen atoms in total. The van der Waals surface area contributed by atoms with Gasteiger partial charge in [0.15, 0.2) is 0 Å². The fraction of sp³-hybridized carbons (Fsp3) is 0.429. The van der Waals surface area contributed by atoms with Crippen LogP contribution in [0.3, 0.4) is 0 Å². The molecule has 3 aliphatic rings. The highest BCUT2D eigenvalue weighted by molar-refractivity contribution is 6.05. The number of imide groups is 1. The molecule has 1 N–H and O–H groups in total. The molecule has 186 valence electrons. The van der Waals surface area contributed by atoms with Gasteiger partial charge in [-0.05, 0) is 74.2 Å². The van der Waals surface area contributed by atoms with Gasteiger partial charge >= 0.3 is 0 Å². The van der Waals surface area contributed by atoms with Crippen molar-refractivity contribution >= 4 is 17.7 Å². The number of carbonyl (C=O) groups is 3. The number of likely N-dealkylation sites (N-methyl/N-ethyl adjacent to an activating group) is 1. The third-order valence-electron chi connectivity index (χ3n) is 7.53. The van der Waals surface area contributed by atoms with E-state index in [2.05, 4.69) is 23.3 Å². The zero-order chi connectivity index (χ0) is 25.2. The average Bonchev–Trinajstić information content (AvgIpc) is 3.20. The summed E-state index contributed by atoms with van der Waals surface area (Å²) >= 11 is 0. The maximum atomic E-state index is 13.0. The second kappa shape index (κ2) is 10.1. The van der Waals surface area contributed by atoms with Crippen LogP contribution in [0.5, 0.6) is 5.75 Å². The Bertz CT molecular complexity index is 1220. The lowest BCUT2D eigenvalue weighted by atomic mass is 9.91. The predicted molar refractivity (Wildman–Crippen MR) is 132 cm³/mol. The molecule has 0 spiro atoms. The third kappa shape index (κ3) is 4.84. The smallest absolute Gasteiger partial charge is 0.255 e. The van der Waals surface area contributed by atoms with E-state index in [0.717, 1.165) is 49.1 Å². The topological polar surface area (TPSA) is 103 Å². The van der Waals surface area contributed by atoms with Gasteiger partial charge in [0.2, 0.25) is 11.8 Å². The van der Waals surface area contributed by atoms with Gasteiger partial charge in [-0.25, -0.2) is 0 Å². The molecular weight excluding hydrogens is 456 g/mol. The van der Waals surface area contributed by atoms with Gasteiger partial charge in [-0.1, -0.05) is 18.6 Å². The quantitative estimate of drug-likeness (QED) is 0.630. The van der Waals surface area contributed by atoms with Gasteiger partial charge in [0.05, 0.1) is 11.6 Å². The van der Waals surface area contributed by atoms with Crippen molar-refractivity contribution in [1.82, 2.24) is 15.1 Å². The summed E-state index contributed by atoms with van der Waals surface area (Å²) in [6.07, 6.45) is 4.89. The molecule has 36 heavy (non-hydrogen) atoms. The number of ether oxygens (including phenoxy) is 1. The minimum absolute atomic E-state index is 0.0310. The number of amides is 3. The van der Waals surface area contributed by atoms with E-state index in [1.54, 1.807) is 11.0 Å². The molecule has 1 saturated heterocycles. The first kappa shape index (κ1) is 24.0. The van der Waals surface area contributed by atoms with Gasteiger partial charge in [-0.2, -0.15) is 5.26 Å². The predicted octanol–water partition coefficient (Wildman–Crippen LogP) is 3.14. The van der Waals surface area contributed by atoms with Crippen LogP contribution in [0.4, 0.5) is 0 Å². The summed E-state index contributed by atoms with van der Waals surface area (Å²) in [5, 5.41) is 11.4. The van der Waals surface area contributed by atoms with Gasteiger partial charge in [0.25, 0.3) is 5.91 Å². The molecule has 2 aromatic carbocycles. The molecular formula is C28H30N4O4. The summed E-state index contributed by atoms with van der Waals surface area (Å²) in [4.78, 5) is 40.7. The molecule has 0 radical (unpaired) electrons. The van der Waals surface area contributed by atoms with Crippen LogP contribution in [-0.2, 0) is 22.7 Å². The SMILES string of the molecule is CN(Cc1ccc(C#N)cc1)[C@H]1CCCC[C@H]1Oc1ccc2c(c1)CN(C1CCC(=O)NC1=O)C2=O. The Balaban J connectivity index is 1.27. The summed E-state index contributed by atoms with van der Waals surface area (Å²) in [6.45, 7) is 1.11. The van der Waals surface area contributed by atoms with E-state index in [9.17, 15) is 14.4 Å². The summed E-state index contributed by atoms with van der Waals surface area (Å²) in [5.74, 6) is -0.138. The highest BCUT2D eigenvalue weighted by atomic mass is 16.5. The number of nitriles is 1. The Morgan fingerprint density at radius 1 is 1.08 bits per heavy atom. The van der Waals surface area contributed by atoms with Crippen LogP contribution in [0, 0.1) is 11.3 Å². The minimum Gasteiger partial charge on any atom is -0.489 e. The van der Waals surface area contributed by atoms with Crippen LogP contribution in [0.15, 0.2) is 42.5 Å².